The van der Waals surface area contributed by atoms with Gasteiger partial charge in [0, 0.05) is 37.8 Å². The summed E-state index contributed by atoms with van der Waals surface area (Å²) in [6.07, 6.45) is 1.58. The van der Waals surface area contributed by atoms with Gasteiger partial charge in [-0.25, -0.2) is 8.42 Å². The van der Waals surface area contributed by atoms with Crippen LogP contribution >= 0.6 is 0 Å². The third-order valence-electron chi connectivity index (χ3n) is 4.19. The van der Waals surface area contributed by atoms with Crippen LogP contribution in [0.3, 0.4) is 0 Å². The van der Waals surface area contributed by atoms with Gasteiger partial charge in [0.25, 0.3) is 0 Å². The molecular formula is C15H21N5O2S. The Morgan fingerprint density at radius 2 is 1.91 bits per heavy atom. The van der Waals surface area contributed by atoms with Crippen molar-refractivity contribution in [2.75, 3.05) is 26.2 Å². The Bertz CT molecular complexity index is 750. The van der Waals surface area contributed by atoms with Crippen LogP contribution in [0.1, 0.15) is 13.8 Å². The van der Waals surface area contributed by atoms with Gasteiger partial charge in [0.1, 0.15) is 5.69 Å². The van der Waals surface area contributed by atoms with E-state index in [2.05, 4.69) is 34.2 Å². The third kappa shape index (κ3) is 3.29. The highest BCUT2D eigenvalue weighted by Gasteiger charge is 2.29. The van der Waals surface area contributed by atoms with Crippen LogP contribution in [0, 0.1) is 0 Å². The van der Waals surface area contributed by atoms with Crippen LogP contribution in [-0.4, -0.2) is 65.3 Å². The fourth-order valence-corrected chi connectivity index (χ4v) is 4.23. The standard InChI is InChI=1S/C15H21N5O2S/c1-12(2)19-6-8-20(9-7-19)23(21,22)14-5-3-4-13(10-14)15-11-16-18-17-15/h3-5,10-12H,6-9H2,1-2H3,(H,16,17,18). The number of hydrogen-bond donors (Lipinski definition) is 1. The molecule has 0 amide bonds. The first-order chi connectivity index (χ1) is 11.0. The van der Waals surface area contributed by atoms with Crippen molar-refractivity contribution in [3.63, 3.8) is 0 Å². The summed E-state index contributed by atoms with van der Waals surface area (Å²) in [5.74, 6) is 0. The quantitative estimate of drug-likeness (QED) is 0.907. The van der Waals surface area contributed by atoms with Crippen molar-refractivity contribution in [2.45, 2.75) is 24.8 Å². The van der Waals surface area contributed by atoms with Crippen LogP contribution in [0.2, 0.25) is 0 Å². The van der Waals surface area contributed by atoms with E-state index < -0.39 is 10.0 Å². The molecule has 3 rings (SSSR count). The summed E-state index contributed by atoms with van der Waals surface area (Å²) in [5.41, 5.74) is 1.37. The van der Waals surface area contributed by atoms with E-state index in [1.165, 1.54) is 0 Å². The number of sulfonamides is 1. The van der Waals surface area contributed by atoms with E-state index in [1.807, 2.05) is 6.07 Å². The minimum atomic E-state index is -3.48. The number of aromatic nitrogens is 3. The lowest BCUT2D eigenvalue weighted by molar-refractivity contribution is 0.154. The van der Waals surface area contributed by atoms with Gasteiger partial charge in [-0.05, 0) is 26.0 Å². The first kappa shape index (κ1) is 16.1. The predicted octanol–water partition coefficient (Wildman–Crippen LogP) is 1.19. The van der Waals surface area contributed by atoms with Crippen LogP contribution in [0.25, 0.3) is 11.3 Å². The summed E-state index contributed by atoms with van der Waals surface area (Å²) in [6.45, 7) is 6.83. The fraction of sp³-hybridized carbons (Fsp3) is 0.467. The summed E-state index contributed by atoms with van der Waals surface area (Å²) in [7, 11) is -3.48. The lowest BCUT2D eigenvalue weighted by atomic mass is 10.2. The number of hydrogen-bond acceptors (Lipinski definition) is 5. The van der Waals surface area contributed by atoms with E-state index in [-0.39, 0.29) is 0 Å². The lowest BCUT2D eigenvalue weighted by Gasteiger charge is -2.36. The molecule has 2 heterocycles. The molecule has 23 heavy (non-hydrogen) atoms. The largest absolute Gasteiger partial charge is 0.298 e. The molecule has 124 valence electrons. The van der Waals surface area contributed by atoms with Gasteiger partial charge >= 0.3 is 0 Å². The highest BCUT2D eigenvalue weighted by molar-refractivity contribution is 7.89. The number of nitrogens with zero attached hydrogens (tertiary/aromatic N) is 4. The van der Waals surface area contributed by atoms with Gasteiger partial charge in [-0.2, -0.15) is 19.7 Å². The van der Waals surface area contributed by atoms with E-state index in [0.717, 1.165) is 18.7 Å². The molecule has 0 bridgehead atoms. The van der Waals surface area contributed by atoms with Gasteiger partial charge in [-0.3, -0.25) is 4.90 Å². The maximum Gasteiger partial charge on any atom is 0.243 e. The minimum absolute atomic E-state index is 0.302. The molecule has 2 aromatic rings. The van der Waals surface area contributed by atoms with E-state index in [4.69, 9.17) is 0 Å². The molecule has 0 saturated carbocycles. The van der Waals surface area contributed by atoms with Crippen molar-refractivity contribution >= 4 is 10.0 Å². The Hall–Kier alpha value is -1.77. The molecule has 8 heteroatoms. The number of aromatic amines is 1. The Kier molecular flexibility index (Phi) is 4.47. The van der Waals surface area contributed by atoms with Crippen molar-refractivity contribution in [1.29, 1.82) is 0 Å². The Labute approximate surface area is 136 Å². The lowest BCUT2D eigenvalue weighted by Crippen LogP contribution is -2.50. The number of piperazine rings is 1. The third-order valence-corrected chi connectivity index (χ3v) is 6.08. The summed E-state index contributed by atoms with van der Waals surface area (Å²) >= 11 is 0. The van der Waals surface area contributed by atoms with Crippen LogP contribution in [0.4, 0.5) is 0 Å². The molecule has 7 nitrogen and oxygen atoms in total. The SMILES string of the molecule is CC(C)N1CCN(S(=O)(=O)c2cccc(-c3cn[nH]n3)c2)CC1. The maximum atomic E-state index is 12.8. The summed E-state index contributed by atoms with van der Waals surface area (Å²) in [6, 6.07) is 7.29. The Morgan fingerprint density at radius 3 is 2.52 bits per heavy atom. The molecule has 1 aromatic carbocycles. The molecule has 1 saturated heterocycles. The van der Waals surface area contributed by atoms with Gasteiger partial charge in [0.05, 0.1) is 11.1 Å². The van der Waals surface area contributed by atoms with Crippen molar-refractivity contribution < 1.29 is 8.42 Å². The number of rotatable bonds is 4. The first-order valence-electron chi connectivity index (χ1n) is 7.69. The second kappa shape index (κ2) is 6.38. The van der Waals surface area contributed by atoms with Gasteiger partial charge in [-0.15, -0.1) is 0 Å². The highest BCUT2D eigenvalue weighted by Crippen LogP contribution is 2.23. The second-order valence-electron chi connectivity index (χ2n) is 5.92. The highest BCUT2D eigenvalue weighted by atomic mass is 32.2. The average molecular weight is 335 g/mol. The molecule has 1 aliphatic heterocycles. The van der Waals surface area contributed by atoms with Gasteiger partial charge in [-0.1, -0.05) is 12.1 Å². The van der Waals surface area contributed by atoms with E-state index in [0.29, 0.717) is 29.7 Å². The van der Waals surface area contributed by atoms with Crippen LogP contribution in [0.5, 0.6) is 0 Å². The first-order valence-corrected chi connectivity index (χ1v) is 9.13. The van der Waals surface area contributed by atoms with Crippen molar-refractivity contribution in [3.8, 4) is 11.3 Å². The zero-order valence-electron chi connectivity index (χ0n) is 13.3. The molecule has 0 spiro atoms. The fourth-order valence-electron chi connectivity index (χ4n) is 2.77. The number of nitrogens with one attached hydrogen (secondary N) is 1. The molecule has 1 aromatic heterocycles. The van der Waals surface area contributed by atoms with Crippen molar-refractivity contribution in [2.24, 2.45) is 0 Å². The van der Waals surface area contributed by atoms with Crippen LogP contribution in [-0.2, 0) is 10.0 Å². The monoisotopic (exact) mass is 335 g/mol. The van der Waals surface area contributed by atoms with Crippen molar-refractivity contribution in [3.05, 3.63) is 30.5 Å². The average Bonchev–Trinajstić information content (AvgIpc) is 3.09. The van der Waals surface area contributed by atoms with E-state index in [1.54, 1.807) is 28.7 Å². The summed E-state index contributed by atoms with van der Waals surface area (Å²) < 4.78 is 27.3. The molecular weight excluding hydrogens is 314 g/mol. The minimum Gasteiger partial charge on any atom is -0.298 e. The van der Waals surface area contributed by atoms with Gasteiger partial charge in [0.2, 0.25) is 10.0 Å². The molecule has 0 unspecified atom stereocenters. The normalized spacial score (nSPS) is 17.7. The molecule has 0 radical (unpaired) electrons. The maximum absolute atomic E-state index is 12.8. The molecule has 1 aliphatic rings. The van der Waals surface area contributed by atoms with E-state index in [9.17, 15) is 8.42 Å². The Morgan fingerprint density at radius 1 is 1.17 bits per heavy atom. The zero-order valence-corrected chi connectivity index (χ0v) is 14.1. The Balaban J connectivity index is 1.82. The second-order valence-corrected chi connectivity index (χ2v) is 7.85. The molecule has 0 atom stereocenters. The summed E-state index contributed by atoms with van der Waals surface area (Å²) in [4.78, 5) is 2.59. The summed E-state index contributed by atoms with van der Waals surface area (Å²) in [5, 5.41) is 10.3. The number of H-pyrrole nitrogens is 1. The predicted molar refractivity (Wildman–Crippen MR) is 87.3 cm³/mol. The molecule has 1 fully saturated rings. The van der Waals surface area contributed by atoms with Crippen LogP contribution < -0.4 is 0 Å². The molecule has 0 aliphatic carbocycles. The van der Waals surface area contributed by atoms with Gasteiger partial charge in [0.15, 0.2) is 0 Å². The smallest absolute Gasteiger partial charge is 0.243 e. The van der Waals surface area contributed by atoms with E-state index >= 15 is 0 Å². The topological polar surface area (TPSA) is 82.2 Å². The zero-order chi connectivity index (χ0) is 16.4. The van der Waals surface area contributed by atoms with Gasteiger partial charge < -0.3 is 0 Å². The van der Waals surface area contributed by atoms with Crippen molar-refractivity contribution in [1.82, 2.24) is 24.6 Å². The van der Waals surface area contributed by atoms with Crippen LogP contribution in [0.15, 0.2) is 35.4 Å². The number of benzene rings is 1. The molecule has 1 N–H and O–H groups in total.